The van der Waals surface area contributed by atoms with Gasteiger partial charge in [-0.1, -0.05) is 24.3 Å². The molecule has 0 atom stereocenters. The molecule has 0 unspecified atom stereocenters. The average Bonchev–Trinajstić information content (AvgIpc) is 2.31. The highest BCUT2D eigenvalue weighted by Gasteiger charge is 2.09. The molecule has 4 heteroatoms. The Bertz CT molecular complexity index is 452. The van der Waals surface area contributed by atoms with Gasteiger partial charge in [0.05, 0.1) is 12.7 Å². The van der Waals surface area contributed by atoms with Crippen LogP contribution in [-0.4, -0.2) is 14.2 Å². The predicted octanol–water partition coefficient (Wildman–Crippen LogP) is 1.51. The first-order valence-corrected chi connectivity index (χ1v) is 4.69. The van der Waals surface area contributed by atoms with Crippen molar-refractivity contribution in [3.05, 3.63) is 41.0 Å². The molecule has 0 bridgehead atoms. The first-order chi connectivity index (χ1) is 6.91. The van der Waals surface area contributed by atoms with Crippen LogP contribution in [0, 0.1) is 0 Å². The van der Waals surface area contributed by atoms with E-state index in [0.29, 0.717) is 13.1 Å². The van der Waals surface area contributed by atoms with Gasteiger partial charge in [0.1, 0.15) is 0 Å². The third-order valence-electron chi connectivity index (χ3n) is 1.89. The molecule has 82 valence electrons. The number of hydrogen-bond donors (Lipinski definition) is 1. The van der Waals surface area contributed by atoms with Gasteiger partial charge in [-0.05, 0) is 13.8 Å². The summed E-state index contributed by atoms with van der Waals surface area (Å²) in [6, 6.07) is 0. The number of allylic oxidation sites excluding steroid dienone is 2. The Labute approximate surface area is 88.8 Å². The van der Waals surface area contributed by atoms with Crippen molar-refractivity contribution in [3.8, 4) is 5.88 Å². The van der Waals surface area contributed by atoms with Crippen molar-refractivity contribution in [1.29, 1.82) is 0 Å². The molecule has 1 rings (SSSR count). The highest BCUT2D eigenvalue weighted by atomic mass is 16.3. The van der Waals surface area contributed by atoms with E-state index in [4.69, 9.17) is 0 Å². The summed E-state index contributed by atoms with van der Waals surface area (Å²) in [7, 11) is 0. The van der Waals surface area contributed by atoms with Crippen molar-refractivity contribution < 1.29 is 5.11 Å². The summed E-state index contributed by atoms with van der Waals surface area (Å²) in [6.45, 7) is 11.8. The molecule has 0 radical (unpaired) electrons. The molecular weight excluding hydrogens is 192 g/mol. The molecule has 0 fully saturated rings. The summed E-state index contributed by atoms with van der Waals surface area (Å²) in [5.74, 6) is -0.0377. The van der Waals surface area contributed by atoms with E-state index in [0.717, 1.165) is 11.1 Å². The number of rotatable bonds is 4. The van der Waals surface area contributed by atoms with Crippen LogP contribution in [0.2, 0.25) is 0 Å². The van der Waals surface area contributed by atoms with E-state index < -0.39 is 0 Å². The molecule has 0 aromatic carbocycles. The average molecular weight is 208 g/mol. The fourth-order valence-electron chi connectivity index (χ4n) is 1.34. The number of aromatic nitrogens is 2. The minimum absolute atomic E-state index is 0.0377. The molecule has 15 heavy (non-hydrogen) atoms. The monoisotopic (exact) mass is 208 g/mol. The molecule has 0 amide bonds. The first kappa shape index (κ1) is 11.4. The second-order valence-corrected chi connectivity index (χ2v) is 3.90. The van der Waals surface area contributed by atoms with E-state index in [9.17, 15) is 9.90 Å². The summed E-state index contributed by atoms with van der Waals surface area (Å²) >= 11 is 0. The van der Waals surface area contributed by atoms with Crippen LogP contribution >= 0.6 is 0 Å². The molecule has 0 aliphatic heterocycles. The lowest BCUT2D eigenvalue weighted by molar-refractivity contribution is 0.421. The Hall–Kier alpha value is -1.71. The van der Waals surface area contributed by atoms with Crippen molar-refractivity contribution in [3.63, 3.8) is 0 Å². The second-order valence-electron chi connectivity index (χ2n) is 3.90. The maximum atomic E-state index is 11.7. The number of nitrogens with zero attached hydrogens (tertiary/aromatic N) is 2. The van der Waals surface area contributed by atoms with E-state index in [-0.39, 0.29) is 11.6 Å². The highest BCUT2D eigenvalue weighted by Crippen LogP contribution is 2.08. The van der Waals surface area contributed by atoms with Crippen molar-refractivity contribution in [2.24, 2.45) is 0 Å². The predicted molar refractivity (Wildman–Crippen MR) is 60.0 cm³/mol. The minimum Gasteiger partial charge on any atom is -0.493 e. The summed E-state index contributed by atoms with van der Waals surface area (Å²) in [5, 5.41) is 9.55. The number of aromatic hydroxyl groups is 1. The lowest BCUT2D eigenvalue weighted by atomic mass is 10.3. The smallest absolute Gasteiger partial charge is 0.331 e. The standard InChI is InChI=1S/C11H16N2O2/c1-8(2)5-12-7-10(14)13(11(12)15)6-9(3)4/h7,14H,1,3,5-6H2,2,4H3. The maximum Gasteiger partial charge on any atom is 0.331 e. The van der Waals surface area contributed by atoms with Crippen molar-refractivity contribution >= 4 is 0 Å². The van der Waals surface area contributed by atoms with Gasteiger partial charge in [-0.3, -0.25) is 9.13 Å². The third kappa shape index (κ3) is 2.62. The van der Waals surface area contributed by atoms with E-state index in [1.165, 1.54) is 15.3 Å². The zero-order valence-electron chi connectivity index (χ0n) is 9.16. The number of imidazole rings is 1. The zero-order chi connectivity index (χ0) is 11.6. The third-order valence-corrected chi connectivity index (χ3v) is 1.89. The van der Waals surface area contributed by atoms with Crippen LogP contribution < -0.4 is 5.69 Å². The van der Waals surface area contributed by atoms with Gasteiger partial charge in [0, 0.05) is 6.54 Å². The van der Waals surface area contributed by atoms with Crippen molar-refractivity contribution in [2.75, 3.05) is 0 Å². The lowest BCUT2D eigenvalue weighted by Gasteiger charge is -2.01. The molecular formula is C11H16N2O2. The largest absolute Gasteiger partial charge is 0.493 e. The van der Waals surface area contributed by atoms with E-state index in [2.05, 4.69) is 13.2 Å². The van der Waals surface area contributed by atoms with Gasteiger partial charge >= 0.3 is 5.69 Å². The van der Waals surface area contributed by atoms with Crippen LogP contribution in [0.15, 0.2) is 35.3 Å². The highest BCUT2D eigenvalue weighted by molar-refractivity contribution is 5.09. The van der Waals surface area contributed by atoms with Crippen molar-refractivity contribution in [2.45, 2.75) is 26.9 Å². The Balaban J connectivity index is 3.09. The fourth-order valence-corrected chi connectivity index (χ4v) is 1.34. The maximum absolute atomic E-state index is 11.7. The Morgan fingerprint density at radius 1 is 1.33 bits per heavy atom. The molecule has 0 saturated heterocycles. The second kappa shape index (κ2) is 4.21. The van der Waals surface area contributed by atoms with Gasteiger partial charge in [0.2, 0.25) is 5.88 Å². The quantitative estimate of drug-likeness (QED) is 0.762. The van der Waals surface area contributed by atoms with Gasteiger partial charge in [0.25, 0.3) is 0 Å². The molecule has 0 aliphatic carbocycles. The summed E-state index contributed by atoms with van der Waals surface area (Å²) in [6.07, 6.45) is 1.42. The fraction of sp³-hybridized carbons (Fsp3) is 0.364. The topological polar surface area (TPSA) is 47.2 Å². The molecule has 1 heterocycles. The Morgan fingerprint density at radius 3 is 2.33 bits per heavy atom. The van der Waals surface area contributed by atoms with Crippen molar-refractivity contribution in [1.82, 2.24) is 9.13 Å². The van der Waals surface area contributed by atoms with Gasteiger partial charge in [-0.15, -0.1) is 0 Å². The molecule has 0 saturated carbocycles. The van der Waals surface area contributed by atoms with Gasteiger partial charge in [-0.25, -0.2) is 4.79 Å². The normalized spacial score (nSPS) is 10.3. The molecule has 1 aromatic heterocycles. The van der Waals surface area contributed by atoms with E-state index >= 15 is 0 Å². The van der Waals surface area contributed by atoms with Crippen LogP contribution in [0.4, 0.5) is 0 Å². The number of hydrogen-bond acceptors (Lipinski definition) is 2. The molecule has 1 N–H and O–H groups in total. The van der Waals surface area contributed by atoms with Crippen LogP contribution in [0.1, 0.15) is 13.8 Å². The Morgan fingerprint density at radius 2 is 1.87 bits per heavy atom. The summed E-state index contributed by atoms with van der Waals surface area (Å²) < 4.78 is 2.71. The van der Waals surface area contributed by atoms with Crippen LogP contribution in [0.5, 0.6) is 5.88 Å². The van der Waals surface area contributed by atoms with Crippen LogP contribution in [-0.2, 0) is 13.1 Å². The van der Waals surface area contributed by atoms with Crippen LogP contribution in [0.3, 0.4) is 0 Å². The van der Waals surface area contributed by atoms with Gasteiger partial charge < -0.3 is 5.11 Å². The molecule has 0 aliphatic rings. The molecule has 4 nitrogen and oxygen atoms in total. The molecule has 1 aromatic rings. The van der Waals surface area contributed by atoms with Gasteiger partial charge in [-0.2, -0.15) is 0 Å². The summed E-state index contributed by atoms with van der Waals surface area (Å²) in [4.78, 5) is 11.7. The SMILES string of the molecule is C=C(C)Cn1cc(O)n(CC(=C)C)c1=O. The van der Waals surface area contributed by atoms with Crippen LogP contribution in [0.25, 0.3) is 0 Å². The zero-order valence-corrected chi connectivity index (χ0v) is 9.16. The van der Waals surface area contributed by atoms with E-state index in [1.807, 2.05) is 13.8 Å². The van der Waals surface area contributed by atoms with E-state index in [1.54, 1.807) is 0 Å². The Kier molecular flexibility index (Phi) is 3.19. The lowest BCUT2D eigenvalue weighted by Crippen LogP contribution is -2.24. The molecule has 0 spiro atoms. The van der Waals surface area contributed by atoms with Gasteiger partial charge in [0.15, 0.2) is 0 Å². The minimum atomic E-state index is -0.237. The first-order valence-electron chi connectivity index (χ1n) is 4.69. The summed E-state index contributed by atoms with van der Waals surface area (Å²) in [5.41, 5.74) is 1.45.